The van der Waals surface area contributed by atoms with Gasteiger partial charge in [-0.2, -0.15) is 5.10 Å². The number of carbonyl (C=O) groups excluding carboxylic acids is 1. The van der Waals surface area contributed by atoms with Gasteiger partial charge in [0.15, 0.2) is 5.78 Å². The van der Waals surface area contributed by atoms with Gasteiger partial charge in [0.1, 0.15) is 18.5 Å². The van der Waals surface area contributed by atoms with Crippen LogP contribution < -0.4 is 0 Å². The Balaban J connectivity index is 1.47. The maximum atomic E-state index is 14.0. The van der Waals surface area contributed by atoms with Crippen molar-refractivity contribution in [3.8, 4) is 16.8 Å². The van der Waals surface area contributed by atoms with Gasteiger partial charge < -0.3 is 9.30 Å². The molecule has 0 N–H and O–H groups in total. The topological polar surface area (TPSA) is 74.3 Å². The molecular formula is C33H32FN5O2. The Kier molecular flexibility index (Phi) is 7.09. The van der Waals surface area contributed by atoms with Crippen LogP contribution in [0, 0.1) is 5.82 Å². The first-order valence-corrected chi connectivity index (χ1v) is 13.8. The maximum Gasteiger partial charge on any atom is 0.162 e. The van der Waals surface area contributed by atoms with E-state index in [0.29, 0.717) is 38.1 Å². The van der Waals surface area contributed by atoms with Gasteiger partial charge in [0.2, 0.25) is 0 Å². The Morgan fingerprint density at radius 1 is 1.07 bits per heavy atom. The molecule has 0 radical (unpaired) electrons. The summed E-state index contributed by atoms with van der Waals surface area (Å²) in [5, 5.41) is 5.19. The normalized spacial score (nSPS) is 12.8. The summed E-state index contributed by atoms with van der Waals surface area (Å²) in [6.45, 7) is 6.11. The van der Waals surface area contributed by atoms with Crippen molar-refractivity contribution >= 4 is 22.9 Å². The highest BCUT2D eigenvalue weighted by atomic mass is 19.1. The first kappa shape index (κ1) is 26.8. The summed E-state index contributed by atoms with van der Waals surface area (Å²) in [6, 6.07) is 18.9. The maximum absolute atomic E-state index is 14.0. The molecule has 41 heavy (non-hydrogen) atoms. The molecule has 208 valence electrons. The summed E-state index contributed by atoms with van der Waals surface area (Å²) in [5.41, 5.74) is 7.58. The van der Waals surface area contributed by atoms with Gasteiger partial charge in [-0.15, -0.1) is 0 Å². The van der Waals surface area contributed by atoms with Crippen LogP contribution in [0.2, 0.25) is 0 Å². The van der Waals surface area contributed by atoms with Crippen LogP contribution in [0.1, 0.15) is 53.9 Å². The molecule has 0 saturated heterocycles. The van der Waals surface area contributed by atoms with Gasteiger partial charge in [0.25, 0.3) is 0 Å². The van der Waals surface area contributed by atoms with Crippen LogP contribution in [0.15, 0.2) is 78.3 Å². The molecule has 0 aliphatic carbocycles. The number of carbonyl (C=O) groups is 1. The van der Waals surface area contributed by atoms with Gasteiger partial charge >= 0.3 is 0 Å². The van der Waals surface area contributed by atoms with E-state index < -0.39 is 5.41 Å². The number of nitrogens with zero attached hydrogens (tertiary/aromatic N) is 5. The van der Waals surface area contributed by atoms with Crippen molar-refractivity contribution in [2.45, 2.75) is 45.2 Å². The Bertz CT molecular complexity index is 1730. The van der Waals surface area contributed by atoms with E-state index in [9.17, 15) is 9.18 Å². The number of ether oxygens (including phenoxy) is 1. The highest BCUT2D eigenvalue weighted by molar-refractivity contribution is 6.04. The molecule has 0 fully saturated rings. The molecule has 6 rings (SSSR count). The minimum absolute atomic E-state index is 0.0975. The number of rotatable bonds is 10. The molecule has 3 heterocycles. The number of hydrogen-bond donors (Lipinski definition) is 0. The molecular weight excluding hydrogens is 517 g/mol. The SMILES string of the molecule is COCC(C)(C)c1c(-c2ccc(C(=O)CCCn3cncn3)cc2)c2cc3c(cc2n1-c1ccc(F)cc1)C=NC3. The van der Waals surface area contributed by atoms with Gasteiger partial charge in [-0.25, -0.2) is 9.37 Å². The fourth-order valence-electron chi connectivity index (χ4n) is 5.83. The van der Waals surface area contributed by atoms with Crippen molar-refractivity contribution in [1.82, 2.24) is 19.3 Å². The lowest BCUT2D eigenvalue weighted by molar-refractivity contribution is 0.0978. The van der Waals surface area contributed by atoms with Crippen LogP contribution in [-0.2, 0) is 23.2 Å². The molecule has 0 saturated carbocycles. The van der Waals surface area contributed by atoms with E-state index in [0.717, 1.165) is 39.0 Å². The second-order valence-corrected chi connectivity index (χ2v) is 11.2. The molecule has 1 aliphatic heterocycles. The number of hydrogen-bond acceptors (Lipinski definition) is 5. The van der Waals surface area contributed by atoms with Gasteiger partial charge in [-0.3, -0.25) is 14.5 Å². The zero-order valence-corrected chi connectivity index (χ0v) is 23.5. The van der Waals surface area contributed by atoms with Crippen molar-refractivity contribution in [2.24, 2.45) is 4.99 Å². The highest BCUT2D eigenvalue weighted by Crippen LogP contribution is 2.44. The third-order valence-electron chi connectivity index (χ3n) is 7.70. The minimum Gasteiger partial charge on any atom is -0.384 e. The second kappa shape index (κ2) is 10.9. The number of halogens is 1. The second-order valence-electron chi connectivity index (χ2n) is 11.2. The summed E-state index contributed by atoms with van der Waals surface area (Å²) in [5.74, 6) is -0.182. The summed E-state index contributed by atoms with van der Waals surface area (Å²) in [6.07, 6.45) is 6.20. The van der Waals surface area contributed by atoms with Gasteiger partial charge in [0.05, 0.1) is 18.7 Å². The summed E-state index contributed by atoms with van der Waals surface area (Å²) < 4.78 is 23.7. The Labute approximate surface area is 238 Å². The fraction of sp³-hybridized carbons (Fsp3) is 0.273. The average molecular weight is 550 g/mol. The summed E-state index contributed by atoms with van der Waals surface area (Å²) >= 11 is 0. The summed E-state index contributed by atoms with van der Waals surface area (Å²) in [4.78, 5) is 21.4. The van der Waals surface area contributed by atoms with Crippen molar-refractivity contribution in [2.75, 3.05) is 13.7 Å². The Morgan fingerprint density at radius 3 is 2.56 bits per heavy atom. The summed E-state index contributed by atoms with van der Waals surface area (Å²) in [7, 11) is 1.71. The standard InChI is InChI=1S/C33H32FN5O2/c1-33(2,19-41-3)32-31(23-8-6-22(7-9-23)30(40)5-4-14-38-21-36-20-37-38)28-15-24-17-35-18-25(24)16-29(28)39(32)27-12-10-26(34)11-13-27/h6-13,15-16,18,20-21H,4-5,14,17,19H2,1-3H3. The predicted molar refractivity (Wildman–Crippen MR) is 158 cm³/mol. The third-order valence-corrected chi connectivity index (χ3v) is 7.70. The zero-order chi connectivity index (χ0) is 28.6. The number of methoxy groups -OCH3 is 1. The van der Waals surface area contributed by atoms with Gasteiger partial charge in [-0.1, -0.05) is 38.1 Å². The molecule has 7 nitrogen and oxygen atoms in total. The zero-order valence-electron chi connectivity index (χ0n) is 23.5. The molecule has 0 amide bonds. The van der Waals surface area contributed by atoms with E-state index in [2.05, 4.69) is 45.6 Å². The molecule has 2 aromatic heterocycles. The first-order chi connectivity index (χ1) is 19.9. The van der Waals surface area contributed by atoms with E-state index >= 15 is 0 Å². The number of ketones is 1. The van der Waals surface area contributed by atoms with Crippen LogP contribution >= 0.6 is 0 Å². The van der Waals surface area contributed by atoms with Gasteiger partial charge in [0, 0.05) is 59.6 Å². The quantitative estimate of drug-likeness (QED) is 0.185. The lowest BCUT2D eigenvalue weighted by Gasteiger charge is -2.28. The Morgan fingerprint density at radius 2 is 1.85 bits per heavy atom. The average Bonchev–Trinajstić information content (AvgIpc) is 3.71. The van der Waals surface area contributed by atoms with E-state index in [-0.39, 0.29) is 11.6 Å². The minimum atomic E-state index is -0.397. The Hall–Kier alpha value is -4.43. The van der Waals surface area contributed by atoms with Gasteiger partial charge in [-0.05, 0) is 59.5 Å². The van der Waals surface area contributed by atoms with Crippen LogP contribution in [-0.4, -0.2) is 45.0 Å². The third kappa shape index (κ3) is 5.11. The molecule has 3 aromatic carbocycles. The van der Waals surface area contributed by atoms with E-state index in [1.54, 1.807) is 18.1 Å². The fourth-order valence-corrected chi connectivity index (χ4v) is 5.83. The van der Waals surface area contributed by atoms with Crippen molar-refractivity contribution in [3.63, 3.8) is 0 Å². The predicted octanol–water partition coefficient (Wildman–Crippen LogP) is 6.55. The number of aromatic nitrogens is 4. The lowest BCUT2D eigenvalue weighted by atomic mass is 9.84. The van der Waals surface area contributed by atoms with Crippen molar-refractivity contribution < 1.29 is 13.9 Å². The van der Waals surface area contributed by atoms with E-state index in [1.807, 2.05) is 42.6 Å². The molecule has 0 bridgehead atoms. The molecule has 1 aliphatic rings. The molecule has 8 heteroatoms. The highest BCUT2D eigenvalue weighted by Gasteiger charge is 2.32. The largest absolute Gasteiger partial charge is 0.384 e. The number of fused-ring (bicyclic) bond motifs is 2. The van der Waals surface area contributed by atoms with Crippen LogP contribution in [0.5, 0.6) is 0 Å². The molecule has 0 unspecified atom stereocenters. The monoisotopic (exact) mass is 549 g/mol. The van der Waals surface area contributed by atoms with Crippen molar-refractivity contribution in [3.05, 3.63) is 102 Å². The lowest BCUT2D eigenvalue weighted by Crippen LogP contribution is -2.27. The number of Topliss-reactive ketones (excluding diaryl/α,β-unsaturated/α-hetero) is 1. The number of aryl methyl sites for hydroxylation is 1. The molecule has 0 spiro atoms. The van der Waals surface area contributed by atoms with Crippen LogP contribution in [0.3, 0.4) is 0 Å². The van der Waals surface area contributed by atoms with Crippen LogP contribution in [0.25, 0.3) is 27.7 Å². The first-order valence-electron chi connectivity index (χ1n) is 13.8. The van der Waals surface area contributed by atoms with Crippen LogP contribution in [0.4, 0.5) is 4.39 Å². The number of benzene rings is 3. The molecule has 0 atom stereocenters. The number of aliphatic imine (C=N–C) groups is 1. The van der Waals surface area contributed by atoms with Crippen molar-refractivity contribution in [1.29, 1.82) is 0 Å². The van der Waals surface area contributed by atoms with E-state index in [4.69, 9.17) is 4.74 Å². The molecule has 5 aromatic rings. The smallest absolute Gasteiger partial charge is 0.162 e. The van der Waals surface area contributed by atoms with E-state index in [1.165, 1.54) is 24.0 Å².